The molecule has 7 heteroatoms. The first-order valence-electron chi connectivity index (χ1n) is 6.12. The monoisotopic (exact) mass is 328 g/mol. The van der Waals surface area contributed by atoms with E-state index in [-0.39, 0.29) is 5.88 Å². The predicted octanol–water partition coefficient (Wildman–Crippen LogP) is 3.08. The minimum absolute atomic E-state index is 0.224. The predicted molar refractivity (Wildman–Crippen MR) is 80.3 cm³/mol. The molecular formula is C14H14Cl2N2O3. The Balaban J connectivity index is 2.23. The summed E-state index contributed by atoms with van der Waals surface area (Å²) in [6.07, 6.45) is 0.861. The van der Waals surface area contributed by atoms with Crippen LogP contribution < -0.4 is 9.47 Å². The third-order valence-corrected chi connectivity index (χ3v) is 3.62. The van der Waals surface area contributed by atoms with Crippen molar-refractivity contribution in [3.05, 3.63) is 45.7 Å². The van der Waals surface area contributed by atoms with Gasteiger partial charge in [0.1, 0.15) is 11.8 Å². The highest BCUT2D eigenvalue weighted by molar-refractivity contribution is 6.42. The lowest BCUT2D eigenvalue weighted by Crippen LogP contribution is -2.08. The molecule has 0 amide bonds. The van der Waals surface area contributed by atoms with E-state index in [0.717, 1.165) is 5.56 Å². The van der Waals surface area contributed by atoms with Crippen molar-refractivity contribution >= 4 is 23.2 Å². The normalized spacial score (nSPS) is 12.0. The van der Waals surface area contributed by atoms with Crippen molar-refractivity contribution in [3.63, 3.8) is 0 Å². The molecule has 2 aromatic rings. The largest absolute Gasteiger partial charge is 0.480 e. The van der Waals surface area contributed by atoms with Crippen LogP contribution in [0.25, 0.3) is 0 Å². The summed E-state index contributed by atoms with van der Waals surface area (Å²) in [4.78, 5) is 8.22. The number of aromatic nitrogens is 2. The number of hydrogen-bond acceptors (Lipinski definition) is 5. The van der Waals surface area contributed by atoms with Gasteiger partial charge >= 0.3 is 0 Å². The van der Waals surface area contributed by atoms with Crippen molar-refractivity contribution in [2.75, 3.05) is 14.2 Å². The molecule has 1 aromatic heterocycles. The lowest BCUT2D eigenvalue weighted by molar-refractivity contribution is 0.167. The van der Waals surface area contributed by atoms with Crippen LogP contribution in [0.3, 0.4) is 0 Å². The fraction of sp³-hybridized carbons (Fsp3) is 0.286. The molecule has 21 heavy (non-hydrogen) atoms. The second-order valence-electron chi connectivity index (χ2n) is 4.28. The van der Waals surface area contributed by atoms with Crippen LogP contribution in [0.5, 0.6) is 11.8 Å². The molecule has 112 valence electrons. The van der Waals surface area contributed by atoms with Crippen molar-refractivity contribution in [3.8, 4) is 11.8 Å². The van der Waals surface area contributed by atoms with Gasteiger partial charge in [0.05, 0.1) is 30.5 Å². The van der Waals surface area contributed by atoms with Gasteiger partial charge in [-0.3, -0.25) is 0 Å². The summed E-state index contributed by atoms with van der Waals surface area (Å²) in [5.74, 6) is 0.541. The molecule has 1 heterocycles. The van der Waals surface area contributed by atoms with Gasteiger partial charge in [-0.1, -0.05) is 29.3 Å². The van der Waals surface area contributed by atoms with Gasteiger partial charge < -0.3 is 14.6 Å². The van der Waals surface area contributed by atoms with Crippen LogP contribution >= 0.6 is 23.2 Å². The Bertz CT molecular complexity index is 638. The van der Waals surface area contributed by atoms with Gasteiger partial charge in [0.25, 0.3) is 0 Å². The summed E-state index contributed by atoms with van der Waals surface area (Å²) in [6, 6.07) is 5.18. The molecular weight excluding hydrogens is 315 g/mol. The number of aliphatic hydroxyl groups excluding tert-OH is 1. The molecule has 0 bridgehead atoms. The molecule has 0 saturated carbocycles. The second-order valence-corrected chi connectivity index (χ2v) is 5.09. The van der Waals surface area contributed by atoms with Gasteiger partial charge in [-0.25, -0.2) is 4.98 Å². The van der Waals surface area contributed by atoms with Gasteiger partial charge in [-0.05, 0) is 17.7 Å². The number of rotatable bonds is 5. The molecule has 1 aromatic carbocycles. The highest BCUT2D eigenvalue weighted by atomic mass is 35.5. The number of halogens is 2. The minimum Gasteiger partial charge on any atom is -0.480 e. The maximum Gasteiger partial charge on any atom is 0.241 e. The SMILES string of the molecule is COc1cnc(C(O)Cc2ccc(Cl)c(Cl)c2)c(OC)n1. The number of ether oxygens (including phenoxy) is 2. The number of benzene rings is 1. The van der Waals surface area contributed by atoms with E-state index >= 15 is 0 Å². The van der Waals surface area contributed by atoms with Crippen molar-refractivity contribution < 1.29 is 14.6 Å². The van der Waals surface area contributed by atoms with Gasteiger partial charge in [0.15, 0.2) is 0 Å². The summed E-state index contributed by atoms with van der Waals surface area (Å²) in [7, 11) is 2.94. The third kappa shape index (κ3) is 3.75. The molecule has 2 rings (SSSR count). The van der Waals surface area contributed by atoms with Crippen LogP contribution in [0, 0.1) is 0 Å². The Hall–Kier alpha value is -1.56. The summed E-state index contributed by atoms with van der Waals surface area (Å²) >= 11 is 11.8. The van der Waals surface area contributed by atoms with E-state index in [4.69, 9.17) is 32.7 Å². The van der Waals surface area contributed by atoms with Crippen LogP contribution in [0.2, 0.25) is 10.0 Å². The van der Waals surface area contributed by atoms with Crippen molar-refractivity contribution in [2.24, 2.45) is 0 Å². The summed E-state index contributed by atoms with van der Waals surface area (Å²) < 4.78 is 10.1. The topological polar surface area (TPSA) is 64.5 Å². The first kappa shape index (κ1) is 15.8. The molecule has 1 atom stereocenters. The fourth-order valence-corrected chi connectivity index (χ4v) is 2.15. The highest BCUT2D eigenvalue weighted by Gasteiger charge is 2.18. The zero-order valence-electron chi connectivity index (χ0n) is 11.5. The average molecular weight is 329 g/mol. The third-order valence-electron chi connectivity index (χ3n) is 2.88. The van der Waals surface area contributed by atoms with E-state index in [9.17, 15) is 5.11 Å². The number of hydrogen-bond donors (Lipinski definition) is 1. The molecule has 1 unspecified atom stereocenters. The molecule has 0 aliphatic heterocycles. The maximum atomic E-state index is 10.3. The van der Waals surface area contributed by atoms with Gasteiger partial charge in [0.2, 0.25) is 11.8 Å². The van der Waals surface area contributed by atoms with Gasteiger partial charge in [-0.15, -0.1) is 0 Å². The molecule has 0 saturated heterocycles. The summed E-state index contributed by atoms with van der Waals surface area (Å²) in [6.45, 7) is 0. The maximum absolute atomic E-state index is 10.3. The Labute approximate surface area is 132 Å². The zero-order chi connectivity index (χ0) is 15.4. The Morgan fingerprint density at radius 3 is 2.57 bits per heavy atom. The van der Waals surface area contributed by atoms with E-state index in [2.05, 4.69) is 9.97 Å². The number of nitrogens with zero attached hydrogens (tertiary/aromatic N) is 2. The molecule has 0 radical (unpaired) electrons. The zero-order valence-corrected chi connectivity index (χ0v) is 13.0. The van der Waals surface area contributed by atoms with Crippen LogP contribution in [-0.4, -0.2) is 29.3 Å². The standard InChI is InChI=1S/C14H14Cl2N2O3/c1-20-12-7-17-13(14(18-12)21-2)11(19)6-8-3-4-9(15)10(16)5-8/h3-5,7,11,19H,6H2,1-2H3. The van der Waals surface area contributed by atoms with E-state index in [1.54, 1.807) is 18.2 Å². The van der Waals surface area contributed by atoms with Crippen molar-refractivity contribution in [1.29, 1.82) is 0 Å². The summed E-state index contributed by atoms with van der Waals surface area (Å²) in [5, 5.41) is 11.2. The van der Waals surface area contributed by atoms with Crippen molar-refractivity contribution in [1.82, 2.24) is 9.97 Å². The van der Waals surface area contributed by atoms with E-state index in [0.29, 0.717) is 28.0 Å². The molecule has 0 fully saturated rings. The van der Waals surface area contributed by atoms with Gasteiger partial charge in [-0.2, -0.15) is 4.98 Å². The highest BCUT2D eigenvalue weighted by Crippen LogP contribution is 2.28. The second kappa shape index (κ2) is 6.93. The Kier molecular flexibility index (Phi) is 5.22. The molecule has 0 aliphatic rings. The smallest absolute Gasteiger partial charge is 0.241 e. The van der Waals surface area contributed by atoms with Crippen LogP contribution in [0.1, 0.15) is 17.4 Å². The van der Waals surface area contributed by atoms with Gasteiger partial charge in [0, 0.05) is 6.42 Å². The first-order valence-corrected chi connectivity index (χ1v) is 6.87. The van der Waals surface area contributed by atoms with Crippen molar-refractivity contribution in [2.45, 2.75) is 12.5 Å². The van der Waals surface area contributed by atoms with Crippen LogP contribution in [0.4, 0.5) is 0 Å². The molecule has 5 nitrogen and oxygen atoms in total. The van der Waals surface area contributed by atoms with E-state index in [1.807, 2.05) is 0 Å². The molecule has 0 spiro atoms. The average Bonchev–Trinajstić information content (AvgIpc) is 2.50. The lowest BCUT2D eigenvalue weighted by atomic mass is 10.1. The molecule has 0 aliphatic carbocycles. The van der Waals surface area contributed by atoms with Crippen LogP contribution in [-0.2, 0) is 6.42 Å². The lowest BCUT2D eigenvalue weighted by Gasteiger charge is -2.14. The Morgan fingerprint density at radius 1 is 1.19 bits per heavy atom. The first-order chi connectivity index (χ1) is 10.0. The van der Waals surface area contributed by atoms with E-state index in [1.165, 1.54) is 20.4 Å². The summed E-state index contributed by atoms with van der Waals surface area (Å²) in [5.41, 5.74) is 1.17. The van der Waals surface area contributed by atoms with Crippen LogP contribution in [0.15, 0.2) is 24.4 Å². The number of methoxy groups -OCH3 is 2. The Morgan fingerprint density at radius 2 is 1.95 bits per heavy atom. The minimum atomic E-state index is -0.879. The quantitative estimate of drug-likeness (QED) is 0.913. The fourth-order valence-electron chi connectivity index (χ4n) is 1.83. The van der Waals surface area contributed by atoms with E-state index < -0.39 is 6.10 Å². The number of aliphatic hydroxyl groups is 1. The molecule has 1 N–H and O–H groups in total.